The zero-order valence-corrected chi connectivity index (χ0v) is 11.0. The molecule has 1 amide bonds. The Labute approximate surface area is 116 Å². The molecule has 20 heavy (non-hydrogen) atoms. The van der Waals surface area contributed by atoms with Crippen LogP contribution in [0.15, 0.2) is 30.3 Å². The van der Waals surface area contributed by atoms with Crippen molar-refractivity contribution in [1.29, 1.82) is 0 Å². The van der Waals surface area contributed by atoms with E-state index in [9.17, 15) is 9.59 Å². The third-order valence-corrected chi connectivity index (χ3v) is 3.02. The Morgan fingerprint density at radius 2 is 2.10 bits per heavy atom. The van der Waals surface area contributed by atoms with E-state index in [0.29, 0.717) is 12.3 Å². The summed E-state index contributed by atoms with van der Waals surface area (Å²) >= 11 is 0. The molecule has 1 aromatic carbocycles. The maximum atomic E-state index is 12.0. The first kappa shape index (κ1) is 14.3. The Balaban J connectivity index is 1.75. The highest BCUT2D eigenvalue weighted by Crippen LogP contribution is 2.10. The van der Waals surface area contributed by atoms with Gasteiger partial charge in [-0.05, 0) is 12.1 Å². The molecule has 0 aliphatic carbocycles. The lowest BCUT2D eigenvalue weighted by molar-refractivity contribution is -0.159. The second-order valence-electron chi connectivity index (χ2n) is 4.45. The summed E-state index contributed by atoms with van der Waals surface area (Å²) in [6.07, 6.45) is -0.705. The molecule has 2 rings (SSSR count). The molecule has 6 heteroatoms. The third kappa shape index (κ3) is 3.96. The average molecular weight is 279 g/mol. The van der Waals surface area contributed by atoms with E-state index < -0.39 is 12.1 Å². The number of carbonyl (C=O) groups is 2. The zero-order chi connectivity index (χ0) is 14.4. The summed E-state index contributed by atoms with van der Waals surface area (Å²) in [4.78, 5) is 24.3. The van der Waals surface area contributed by atoms with Gasteiger partial charge >= 0.3 is 5.97 Å². The van der Waals surface area contributed by atoms with Crippen LogP contribution in [0.25, 0.3) is 0 Å². The van der Waals surface area contributed by atoms with Crippen molar-refractivity contribution in [3.05, 3.63) is 30.3 Å². The Bertz CT molecular complexity index is 462. The molecule has 1 aliphatic heterocycles. The standard InChI is InChI=1S/C14H17NO5/c16-13(6-8-19-11-4-2-1-3-5-11)15-7-9-20-12(10-15)14(17)18/h1-5,12H,6-10H2,(H,17,18)/t12-/m1/s1. The first-order valence-electron chi connectivity index (χ1n) is 6.47. The second-order valence-corrected chi connectivity index (χ2v) is 4.45. The average Bonchev–Trinajstić information content (AvgIpc) is 2.48. The van der Waals surface area contributed by atoms with E-state index in [4.69, 9.17) is 14.6 Å². The van der Waals surface area contributed by atoms with Crippen molar-refractivity contribution in [3.8, 4) is 5.75 Å². The van der Waals surface area contributed by atoms with Crippen LogP contribution >= 0.6 is 0 Å². The van der Waals surface area contributed by atoms with Gasteiger partial charge in [0.25, 0.3) is 0 Å². The molecule has 1 heterocycles. The van der Waals surface area contributed by atoms with Gasteiger partial charge in [-0.1, -0.05) is 18.2 Å². The number of carbonyl (C=O) groups excluding carboxylic acids is 1. The minimum atomic E-state index is -1.04. The number of carboxylic acids is 1. The fraction of sp³-hybridized carbons (Fsp3) is 0.429. The molecule has 108 valence electrons. The van der Waals surface area contributed by atoms with E-state index in [1.165, 1.54) is 4.90 Å². The number of para-hydroxylation sites is 1. The molecule has 1 N–H and O–H groups in total. The maximum Gasteiger partial charge on any atom is 0.334 e. The van der Waals surface area contributed by atoms with Crippen molar-refractivity contribution in [2.45, 2.75) is 12.5 Å². The number of aliphatic carboxylic acids is 1. The van der Waals surface area contributed by atoms with E-state index in [1.54, 1.807) is 0 Å². The van der Waals surface area contributed by atoms with Gasteiger partial charge in [0.05, 0.1) is 26.2 Å². The largest absolute Gasteiger partial charge is 0.493 e. The lowest BCUT2D eigenvalue weighted by Gasteiger charge is -2.30. The molecule has 0 unspecified atom stereocenters. The van der Waals surface area contributed by atoms with Gasteiger partial charge in [-0.3, -0.25) is 4.79 Å². The molecular formula is C14H17NO5. The molecule has 1 saturated heterocycles. The fourth-order valence-electron chi connectivity index (χ4n) is 1.96. The van der Waals surface area contributed by atoms with E-state index in [2.05, 4.69) is 0 Å². The molecule has 0 spiro atoms. The Kier molecular flexibility index (Phi) is 4.95. The van der Waals surface area contributed by atoms with Crippen LogP contribution in [0.5, 0.6) is 5.75 Å². The lowest BCUT2D eigenvalue weighted by atomic mass is 10.2. The zero-order valence-electron chi connectivity index (χ0n) is 11.0. The van der Waals surface area contributed by atoms with Gasteiger partial charge in [-0.15, -0.1) is 0 Å². The van der Waals surface area contributed by atoms with Gasteiger partial charge in [0.15, 0.2) is 6.10 Å². The van der Waals surface area contributed by atoms with Crippen LogP contribution in [0.4, 0.5) is 0 Å². The summed E-state index contributed by atoms with van der Waals surface area (Å²) in [6.45, 7) is 1.05. The Morgan fingerprint density at radius 1 is 1.35 bits per heavy atom. The molecule has 0 bridgehead atoms. The van der Waals surface area contributed by atoms with Crippen LogP contribution in [0.3, 0.4) is 0 Å². The second kappa shape index (κ2) is 6.91. The predicted octanol–water partition coefficient (Wildman–Crippen LogP) is 0.767. The lowest BCUT2D eigenvalue weighted by Crippen LogP contribution is -2.48. The monoisotopic (exact) mass is 279 g/mol. The van der Waals surface area contributed by atoms with Gasteiger partial charge in [0.2, 0.25) is 5.91 Å². The summed E-state index contributed by atoms with van der Waals surface area (Å²) in [7, 11) is 0. The number of amides is 1. The van der Waals surface area contributed by atoms with Crippen LogP contribution in [-0.2, 0) is 14.3 Å². The number of nitrogens with zero attached hydrogens (tertiary/aromatic N) is 1. The summed E-state index contributed by atoms with van der Waals surface area (Å²) in [5.74, 6) is -0.441. The quantitative estimate of drug-likeness (QED) is 0.861. The van der Waals surface area contributed by atoms with Crippen LogP contribution in [0.1, 0.15) is 6.42 Å². The highest BCUT2D eigenvalue weighted by Gasteiger charge is 2.28. The normalized spacial score (nSPS) is 18.6. The van der Waals surface area contributed by atoms with E-state index >= 15 is 0 Å². The minimum Gasteiger partial charge on any atom is -0.493 e. The van der Waals surface area contributed by atoms with Gasteiger partial charge in [-0.25, -0.2) is 4.79 Å². The molecule has 1 aromatic rings. The highest BCUT2D eigenvalue weighted by atomic mass is 16.5. The Hall–Kier alpha value is -2.08. The number of benzene rings is 1. The summed E-state index contributed by atoms with van der Waals surface area (Å²) < 4.78 is 10.5. The van der Waals surface area contributed by atoms with Crippen LogP contribution in [-0.4, -0.2) is 54.3 Å². The SMILES string of the molecule is O=C(O)[C@H]1CN(C(=O)CCOc2ccccc2)CCO1. The molecule has 0 saturated carbocycles. The fourth-order valence-corrected chi connectivity index (χ4v) is 1.96. The van der Waals surface area contributed by atoms with E-state index in [1.807, 2.05) is 30.3 Å². The third-order valence-electron chi connectivity index (χ3n) is 3.02. The molecule has 1 aliphatic rings. The molecule has 1 fully saturated rings. The smallest absolute Gasteiger partial charge is 0.334 e. The number of rotatable bonds is 5. The van der Waals surface area contributed by atoms with Crippen LogP contribution in [0.2, 0.25) is 0 Å². The van der Waals surface area contributed by atoms with Gasteiger partial charge in [0, 0.05) is 6.54 Å². The molecule has 0 radical (unpaired) electrons. The van der Waals surface area contributed by atoms with Gasteiger partial charge < -0.3 is 19.5 Å². The molecular weight excluding hydrogens is 262 g/mol. The Morgan fingerprint density at radius 3 is 2.80 bits per heavy atom. The van der Waals surface area contributed by atoms with Crippen molar-refractivity contribution in [2.24, 2.45) is 0 Å². The van der Waals surface area contributed by atoms with Crippen molar-refractivity contribution < 1.29 is 24.2 Å². The molecule has 0 aromatic heterocycles. The van der Waals surface area contributed by atoms with Gasteiger partial charge in [-0.2, -0.15) is 0 Å². The van der Waals surface area contributed by atoms with Crippen molar-refractivity contribution >= 4 is 11.9 Å². The van der Waals surface area contributed by atoms with Crippen LogP contribution in [0, 0.1) is 0 Å². The highest BCUT2D eigenvalue weighted by molar-refractivity contribution is 5.78. The number of hydrogen-bond donors (Lipinski definition) is 1. The number of hydrogen-bond acceptors (Lipinski definition) is 4. The topological polar surface area (TPSA) is 76.1 Å². The van der Waals surface area contributed by atoms with Crippen molar-refractivity contribution in [1.82, 2.24) is 4.90 Å². The maximum absolute atomic E-state index is 12.0. The summed E-state index contributed by atoms with van der Waals surface area (Å²) in [5, 5.41) is 8.87. The summed E-state index contributed by atoms with van der Waals surface area (Å²) in [6, 6.07) is 9.24. The van der Waals surface area contributed by atoms with E-state index in [0.717, 1.165) is 0 Å². The number of ether oxygens (including phenoxy) is 2. The van der Waals surface area contributed by atoms with Crippen molar-refractivity contribution in [3.63, 3.8) is 0 Å². The molecule has 1 atom stereocenters. The number of morpholine rings is 1. The number of carboxylic acid groups (broad SMARTS) is 1. The van der Waals surface area contributed by atoms with Crippen LogP contribution < -0.4 is 4.74 Å². The minimum absolute atomic E-state index is 0.0967. The van der Waals surface area contributed by atoms with Gasteiger partial charge in [0.1, 0.15) is 5.75 Å². The first-order chi connectivity index (χ1) is 9.66. The molecule has 6 nitrogen and oxygen atoms in total. The first-order valence-corrected chi connectivity index (χ1v) is 6.47. The van der Waals surface area contributed by atoms with Crippen molar-refractivity contribution in [2.75, 3.05) is 26.3 Å². The summed E-state index contributed by atoms with van der Waals surface area (Å²) in [5.41, 5.74) is 0. The van der Waals surface area contributed by atoms with E-state index in [-0.39, 0.29) is 32.1 Å². The predicted molar refractivity (Wildman–Crippen MR) is 70.5 cm³/mol.